The Labute approximate surface area is 193 Å². The first-order chi connectivity index (χ1) is 14.0. The van der Waals surface area contributed by atoms with Crippen molar-refractivity contribution >= 4 is 0 Å². The maximum Gasteiger partial charge on any atom is -0.0380 e. The normalized spacial score (nSPS) is 17.5. The van der Waals surface area contributed by atoms with E-state index < -0.39 is 0 Å². The lowest BCUT2D eigenvalue weighted by atomic mass is 9.78. The van der Waals surface area contributed by atoms with E-state index in [1.165, 1.54) is 96.3 Å². The Kier molecular flexibility index (Phi) is 17.5. The Hall–Kier alpha value is 0. The molecule has 0 saturated heterocycles. The quantitative estimate of drug-likeness (QED) is 0.181. The summed E-state index contributed by atoms with van der Waals surface area (Å²) in [5.41, 5.74) is 0.475. The molecule has 0 nitrogen and oxygen atoms in total. The van der Waals surface area contributed by atoms with Crippen LogP contribution in [0.2, 0.25) is 0 Å². The molecule has 0 aliphatic heterocycles. The summed E-state index contributed by atoms with van der Waals surface area (Å²) in [5, 5.41) is 0. The topological polar surface area (TPSA) is 0 Å². The first-order valence-electron chi connectivity index (χ1n) is 14.0. The Balaban J connectivity index is 3.61. The SMILES string of the molecule is CCC(C)CCCCCCCCC(C)CCCC(C)CCC(C)C(C)CC(C)(C)C. The molecule has 182 valence electrons. The van der Waals surface area contributed by atoms with E-state index in [0.717, 1.165) is 29.6 Å². The molecule has 0 spiro atoms. The first kappa shape index (κ1) is 30.0. The van der Waals surface area contributed by atoms with Crippen LogP contribution in [0.3, 0.4) is 0 Å². The van der Waals surface area contributed by atoms with Crippen LogP contribution in [0.4, 0.5) is 0 Å². The summed E-state index contributed by atoms with van der Waals surface area (Å²) in [7, 11) is 0. The highest BCUT2D eigenvalue weighted by Gasteiger charge is 2.20. The summed E-state index contributed by atoms with van der Waals surface area (Å²) in [4.78, 5) is 0. The average molecular weight is 423 g/mol. The van der Waals surface area contributed by atoms with Gasteiger partial charge in [0.1, 0.15) is 0 Å². The molecular weight excluding hydrogens is 360 g/mol. The van der Waals surface area contributed by atoms with Crippen molar-refractivity contribution in [2.24, 2.45) is 35.0 Å². The molecule has 0 aromatic heterocycles. The van der Waals surface area contributed by atoms with E-state index >= 15 is 0 Å². The minimum atomic E-state index is 0.475. The van der Waals surface area contributed by atoms with Gasteiger partial charge in [-0.3, -0.25) is 0 Å². The van der Waals surface area contributed by atoms with Gasteiger partial charge in [-0.1, -0.05) is 152 Å². The van der Waals surface area contributed by atoms with Crippen LogP contribution >= 0.6 is 0 Å². The van der Waals surface area contributed by atoms with Crippen molar-refractivity contribution in [2.75, 3.05) is 0 Å². The lowest BCUT2D eigenvalue weighted by Gasteiger charge is -2.28. The Bertz CT molecular complexity index is 363. The van der Waals surface area contributed by atoms with Crippen molar-refractivity contribution in [3.05, 3.63) is 0 Å². The number of hydrogen-bond acceptors (Lipinski definition) is 0. The zero-order chi connectivity index (χ0) is 23.0. The van der Waals surface area contributed by atoms with Gasteiger partial charge in [-0.05, 0) is 41.4 Å². The van der Waals surface area contributed by atoms with Gasteiger partial charge in [0.2, 0.25) is 0 Å². The second-order valence-electron chi connectivity index (χ2n) is 12.7. The van der Waals surface area contributed by atoms with Crippen molar-refractivity contribution in [3.8, 4) is 0 Å². The van der Waals surface area contributed by atoms with Crippen molar-refractivity contribution in [3.63, 3.8) is 0 Å². The molecule has 0 heterocycles. The first-order valence-corrected chi connectivity index (χ1v) is 14.0. The summed E-state index contributed by atoms with van der Waals surface area (Å²) in [6.45, 7) is 21.8. The molecule has 0 N–H and O–H groups in total. The number of unbranched alkanes of at least 4 members (excludes halogenated alkanes) is 5. The molecule has 30 heavy (non-hydrogen) atoms. The third-order valence-corrected chi connectivity index (χ3v) is 7.76. The summed E-state index contributed by atoms with van der Waals surface area (Å²) in [6, 6.07) is 0. The van der Waals surface area contributed by atoms with Gasteiger partial charge >= 0.3 is 0 Å². The van der Waals surface area contributed by atoms with E-state index in [0.29, 0.717) is 5.41 Å². The standard InChI is InChI=1S/C30H62/c1-10-25(2)18-15-13-11-12-14-16-19-26(3)20-17-21-27(4)22-23-28(5)29(6)24-30(7,8)9/h25-29H,10-24H2,1-9H3. The van der Waals surface area contributed by atoms with Gasteiger partial charge in [-0.15, -0.1) is 0 Å². The molecular formula is C30H62. The van der Waals surface area contributed by atoms with Crippen LogP contribution in [0.25, 0.3) is 0 Å². The van der Waals surface area contributed by atoms with Gasteiger partial charge in [0.15, 0.2) is 0 Å². The van der Waals surface area contributed by atoms with Crippen LogP contribution in [0.1, 0.15) is 159 Å². The summed E-state index contributed by atoms with van der Waals surface area (Å²) < 4.78 is 0. The third-order valence-electron chi connectivity index (χ3n) is 7.76. The van der Waals surface area contributed by atoms with Gasteiger partial charge in [-0.25, -0.2) is 0 Å². The molecule has 0 amide bonds. The fourth-order valence-electron chi connectivity index (χ4n) is 5.00. The molecule has 0 aromatic carbocycles. The van der Waals surface area contributed by atoms with Crippen LogP contribution in [0.5, 0.6) is 0 Å². The van der Waals surface area contributed by atoms with Crippen LogP contribution in [0, 0.1) is 35.0 Å². The van der Waals surface area contributed by atoms with E-state index in [4.69, 9.17) is 0 Å². The van der Waals surface area contributed by atoms with Gasteiger partial charge in [0.25, 0.3) is 0 Å². The molecule has 0 aliphatic carbocycles. The van der Waals surface area contributed by atoms with Crippen LogP contribution in [-0.2, 0) is 0 Å². The van der Waals surface area contributed by atoms with Crippen molar-refractivity contribution in [1.29, 1.82) is 0 Å². The highest BCUT2D eigenvalue weighted by Crippen LogP contribution is 2.31. The maximum atomic E-state index is 2.49. The molecule has 0 fully saturated rings. The number of rotatable bonds is 19. The van der Waals surface area contributed by atoms with Crippen LogP contribution in [0.15, 0.2) is 0 Å². The molecule has 0 aromatic rings. The van der Waals surface area contributed by atoms with Gasteiger partial charge < -0.3 is 0 Å². The summed E-state index contributed by atoms with van der Waals surface area (Å²) in [5.74, 6) is 4.53. The third kappa shape index (κ3) is 18.7. The monoisotopic (exact) mass is 422 g/mol. The minimum Gasteiger partial charge on any atom is -0.0651 e. The largest absolute Gasteiger partial charge is 0.0651 e. The zero-order valence-corrected chi connectivity index (χ0v) is 23.0. The molecule has 0 heteroatoms. The van der Waals surface area contributed by atoms with Gasteiger partial charge in [0, 0.05) is 0 Å². The van der Waals surface area contributed by atoms with E-state index in [2.05, 4.69) is 62.3 Å². The zero-order valence-electron chi connectivity index (χ0n) is 23.0. The van der Waals surface area contributed by atoms with Crippen molar-refractivity contribution in [2.45, 2.75) is 159 Å². The van der Waals surface area contributed by atoms with Crippen LogP contribution < -0.4 is 0 Å². The molecule has 0 radical (unpaired) electrons. The van der Waals surface area contributed by atoms with E-state index in [-0.39, 0.29) is 0 Å². The van der Waals surface area contributed by atoms with E-state index in [1.54, 1.807) is 0 Å². The molecule has 0 saturated carbocycles. The minimum absolute atomic E-state index is 0.475. The van der Waals surface area contributed by atoms with Crippen molar-refractivity contribution < 1.29 is 0 Å². The average Bonchev–Trinajstić information content (AvgIpc) is 2.66. The van der Waals surface area contributed by atoms with Crippen LogP contribution in [-0.4, -0.2) is 0 Å². The smallest absolute Gasteiger partial charge is 0.0380 e. The van der Waals surface area contributed by atoms with E-state index in [1.807, 2.05) is 0 Å². The van der Waals surface area contributed by atoms with Gasteiger partial charge in [-0.2, -0.15) is 0 Å². The lowest BCUT2D eigenvalue weighted by molar-refractivity contribution is 0.231. The maximum absolute atomic E-state index is 2.49. The molecule has 0 bridgehead atoms. The predicted octanol–water partition coefficient (Wildman–Crippen LogP) is 11.1. The summed E-state index contributed by atoms with van der Waals surface area (Å²) in [6.07, 6.45) is 21.6. The molecule has 5 atom stereocenters. The highest BCUT2D eigenvalue weighted by molar-refractivity contribution is 4.71. The van der Waals surface area contributed by atoms with Gasteiger partial charge in [0.05, 0.1) is 0 Å². The second kappa shape index (κ2) is 17.5. The Morgan fingerprint density at radius 3 is 1.40 bits per heavy atom. The lowest BCUT2D eigenvalue weighted by Crippen LogP contribution is -2.17. The Morgan fingerprint density at radius 2 is 0.900 bits per heavy atom. The fraction of sp³-hybridized carbons (Fsp3) is 1.00. The Morgan fingerprint density at radius 1 is 0.467 bits per heavy atom. The predicted molar refractivity (Wildman–Crippen MR) is 140 cm³/mol. The van der Waals surface area contributed by atoms with E-state index in [9.17, 15) is 0 Å². The summed E-state index contributed by atoms with van der Waals surface area (Å²) >= 11 is 0. The fourth-order valence-corrected chi connectivity index (χ4v) is 5.00. The molecule has 5 unspecified atom stereocenters. The highest BCUT2D eigenvalue weighted by atomic mass is 14.3. The molecule has 0 aliphatic rings. The molecule has 0 rings (SSSR count). The second-order valence-corrected chi connectivity index (χ2v) is 12.7. The van der Waals surface area contributed by atoms with Crippen molar-refractivity contribution in [1.82, 2.24) is 0 Å². The number of hydrogen-bond donors (Lipinski definition) is 0.